The van der Waals surface area contributed by atoms with Crippen molar-refractivity contribution in [1.29, 1.82) is 0 Å². The number of carbonyl (C=O) groups is 1. The lowest BCUT2D eigenvalue weighted by Crippen LogP contribution is -2.45. The van der Waals surface area contributed by atoms with E-state index in [0.29, 0.717) is 11.8 Å². The van der Waals surface area contributed by atoms with Crippen LogP contribution in [-0.2, 0) is 4.79 Å². The van der Waals surface area contributed by atoms with Crippen molar-refractivity contribution < 1.29 is 4.79 Å². The van der Waals surface area contributed by atoms with Crippen molar-refractivity contribution in [3.8, 4) is 0 Å². The molecule has 3 heteroatoms. The van der Waals surface area contributed by atoms with Gasteiger partial charge in [0.25, 0.3) is 0 Å². The second kappa shape index (κ2) is 5.57. The zero-order valence-electron chi connectivity index (χ0n) is 12.4. The Balaban J connectivity index is 1.82. The number of aryl methyl sites for hydroxylation is 1. The topological polar surface area (TPSA) is 32.3 Å². The van der Waals surface area contributed by atoms with Crippen LogP contribution in [0.2, 0.25) is 0 Å². The Kier molecular flexibility index (Phi) is 3.79. The fraction of sp³-hybridized carbons (Fsp3) is 0.588. The Morgan fingerprint density at radius 1 is 1.30 bits per heavy atom. The Bertz CT molecular complexity index is 500. The minimum atomic E-state index is 0.0274. The van der Waals surface area contributed by atoms with Gasteiger partial charge in [-0.1, -0.05) is 31.2 Å². The van der Waals surface area contributed by atoms with Gasteiger partial charge in [-0.05, 0) is 49.8 Å². The number of amides is 1. The Morgan fingerprint density at radius 3 is 2.80 bits per heavy atom. The average molecular weight is 272 g/mol. The van der Waals surface area contributed by atoms with E-state index in [1.165, 1.54) is 11.1 Å². The quantitative estimate of drug-likeness (QED) is 0.897. The summed E-state index contributed by atoms with van der Waals surface area (Å²) in [5.74, 6) is 0.765. The standard InChI is InChI=1S/C17H24N2O/c1-12-6-3-4-7-14(12)15-8-5-11-19(15)17(20)16-13(2)9-10-18-16/h3-4,6-7,13,15-16,18H,5,8-11H2,1-2H3. The molecule has 0 saturated carbocycles. The number of hydrogen-bond donors (Lipinski definition) is 1. The van der Waals surface area contributed by atoms with E-state index in [4.69, 9.17) is 0 Å². The highest BCUT2D eigenvalue weighted by Crippen LogP contribution is 2.35. The van der Waals surface area contributed by atoms with Crippen molar-refractivity contribution in [2.45, 2.75) is 45.2 Å². The highest BCUT2D eigenvalue weighted by molar-refractivity contribution is 5.83. The zero-order valence-corrected chi connectivity index (χ0v) is 12.4. The molecule has 3 unspecified atom stereocenters. The van der Waals surface area contributed by atoms with Gasteiger partial charge in [0.1, 0.15) is 0 Å². The minimum Gasteiger partial charge on any atom is -0.334 e. The van der Waals surface area contributed by atoms with Crippen molar-refractivity contribution in [2.75, 3.05) is 13.1 Å². The maximum atomic E-state index is 12.8. The maximum absolute atomic E-state index is 12.8. The van der Waals surface area contributed by atoms with E-state index in [2.05, 4.69) is 48.3 Å². The average Bonchev–Trinajstić information content (AvgIpc) is 3.07. The molecule has 1 amide bonds. The van der Waals surface area contributed by atoms with Gasteiger partial charge >= 0.3 is 0 Å². The van der Waals surface area contributed by atoms with Gasteiger partial charge in [-0.2, -0.15) is 0 Å². The van der Waals surface area contributed by atoms with Crippen molar-refractivity contribution in [3.63, 3.8) is 0 Å². The molecule has 0 bridgehead atoms. The van der Waals surface area contributed by atoms with Crippen LogP contribution >= 0.6 is 0 Å². The molecule has 3 rings (SSSR count). The van der Waals surface area contributed by atoms with Crippen LogP contribution in [0.25, 0.3) is 0 Å². The van der Waals surface area contributed by atoms with Gasteiger partial charge < -0.3 is 10.2 Å². The SMILES string of the molecule is Cc1ccccc1C1CCCN1C(=O)C1NCCC1C. The summed E-state index contributed by atoms with van der Waals surface area (Å²) in [6, 6.07) is 8.78. The van der Waals surface area contributed by atoms with Crippen molar-refractivity contribution in [3.05, 3.63) is 35.4 Å². The van der Waals surface area contributed by atoms with E-state index in [9.17, 15) is 4.79 Å². The van der Waals surface area contributed by atoms with Crippen LogP contribution in [0, 0.1) is 12.8 Å². The molecule has 1 N–H and O–H groups in total. The lowest BCUT2D eigenvalue weighted by Gasteiger charge is -2.30. The summed E-state index contributed by atoms with van der Waals surface area (Å²) in [5.41, 5.74) is 2.62. The first kappa shape index (κ1) is 13.6. The minimum absolute atomic E-state index is 0.0274. The molecule has 3 nitrogen and oxygen atoms in total. The first-order valence-electron chi connectivity index (χ1n) is 7.78. The van der Waals surface area contributed by atoms with Crippen LogP contribution in [0.1, 0.15) is 43.4 Å². The molecule has 1 aromatic rings. The zero-order chi connectivity index (χ0) is 14.1. The summed E-state index contributed by atoms with van der Waals surface area (Å²) < 4.78 is 0. The van der Waals surface area contributed by atoms with E-state index in [-0.39, 0.29) is 12.1 Å². The molecule has 2 saturated heterocycles. The summed E-state index contributed by atoms with van der Waals surface area (Å²) >= 11 is 0. The lowest BCUT2D eigenvalue weighted by atomic mass is 9.97. The van der Waals surface area contributed by atoms with Crippen LogP contribution in [0.4, 0.5) is 0 Å². The fourth-order valence-corrected chi connectivity index (χ4v) is 3.66. The second-order valence-electron chi connectivity index (χ2n) is 6.24. The highest BCUT2D eigenvalue weighted by Gasteiger charge is 2.38. The number of likely N-dealkylation sites (tertiary alicyclic amines) is 1. The normalized spacial score (nSPS) is 29.9. The lowest BCUT2D eigenvalue weighted by molar-refractivity contribution is -0.134. The van der Waals surface area contributed by atoms with Crippen LogP contribution in [0.3, 0.4) is 0 Å². The van der Waals surface area contributed by atoms with Crippen LogP contribution in [0.15, 0.2) is 24.3 Å². The molecule has 0 aromatic heterocycles. The third-order valence-electron chi connectivity index (χ3n) is 4.88. The molecular weight excluding hydrogens is 248 g/mol. The van der Waals surface area contributed by atoms with E-state index < -0.39 is 0 Å². The molecule has 0 radical (unpaired) electrons. The number of nitrogens with zero attached hydrogens (tertiary/aromatic N) is 1. The summed E-state index contributed by atoms with van der Waals surface area (Å²) in [6.45, 7) is 6.21. The fourth-order valence-electron chi connectivity index (χ4n) is 3.66. The molecule has 108 valence electrons. The van der Waals surface area contributed by atoms with E-state index in [0.717, 1.165) is 32.4 Å². The van der Waals surface area contributed by atoms with Gasteiger partial charge in [0.05, 0.1) is 12.1 Å². The van der Waals surface area contributed by atoms with Crippen molar-refractivity contribution in [2.24, 2.45) is 5.92 Å². The monoisotopic (exact) mass is 272 g/mol. The van der Waals surface area contributed by atoms with Crippen LogP contribution in [-0.4, -0.2) is 29.9 Å². The van der Waals surface area contributed by atoms with Gasteiger partial charge in [-0.3, -0.25) is 4.79 Å². The Labute approximate surface area is 121 Å². The largest absolute Gasteiger partial charge is 0.334 e. The molecule has 2 fully saturated rings. The van der Waals surface area contributed by atoms with Gasteiger partial charge in [0.2, 0.25) is 5.91 Å². The number of hydrogen-bond acceptors (Lipinski definition) is 2. The molecule has 2 heterocycles. The third kappa shape index (κ3) is 2.35. The molecule has 1 aromatic carbocycles. The van der Waals surface area contributed by atoms with E-state index in [1.54, 1.807) is 0 Å². The predicted octanol–water partition coefficient (Wildman–Crippen LogP) is 2.66. The molecule has 2 aliphatic heterocycles. The summed E-state index contributed by atoms with van der Waals surface area (Å²) in [7, 11) is 0. The van der Waals surface area contributed by atoms with Gasteiger partial charge in [0, 0.05) is 6.54 Å². The third-order valence-corrected chi connectivity index (χ3v) is 4.88. The van der Waals surface area contributed by atoms with E-state index >= 15 is 0 Å². The molecular formula is C17H24N2O. The van der Waals surface area contributed by atoms with Crippen LogP contribution in [0.5, 0.6) is 0 Å². The van der Waals surface area contributed by atoms with Crippen molar-refractivity contribution >= 4 is 5.91 Å². The molecule has 2 aliphatic rings. The van der Waals surface area contributed by atoms with E-state index in [1.807, 2.05) is 0 Å². The second-order valence-corrected chi connectivity index (χ2v) is 6.24. The smallest absolute Gasteiger partial charge is 0.240 e. The molecule has 0 aliphatic carbocycles. The molecule has 3 atom stereocenters. The number of nitrogens with one attached hydrogen (secondary N) is 1. The predicted molar refractivity (Wildman–Crippen MR) is 80.4 cm³/mol. The van der Waals surface area contributed by atoms with Crippen LogP contribution < -0.4 is 5.32 Å². The van der Waals surface area contributed by atoms with Gasteiger partial charge in [-0.15, -0.1) is 0 Å². The maximum Gasteiger partial charge on any atom is 0.240 e. The van der Waals surface area contributed by atoms with Gasteiger partial charge in [0.15, 0.2) is 0 Å². The highest BCUT2D eigenvalue weighted by atomic mass is 16.2. The number of benzene rings is 1. The number of carbonyl (C=O) groups excluding carboxylic acids is 1. The van der Waals surface area contributed by atoms with Crippen molar-refractivity contribution in [1.82, 2.24) is 10.2 Å². The first-order valence-corrected chi connectivity index (χ1v) is 7.78. The number of rotatable bonds is 2. The Morgan fingerprint density at radius 2 is 2.10 bits per heavy atom. The molecule has 20 heavy (non-hydrogen) atoms. The first-order chi connectivity index (χ1) is 9.68. The summed E-state index contributed by atoms with van der Waals surface area (Å²) in [4.78, 5) is 14.9. The molecule has 0 spiro atoms. The summed E-state index contributed by atoms with van der Waals surface area (Å²) in [5, 5.41) is 3.38. The van der Waals surface area contributed by atoms with Gasteiger partial charge in [-0.25, -0.2) is 0 Å². The Hall–Kier alpha value is -1.35. The summed E-state index contributed by atoms with van der Waals surface area (Å²) in [6.07, 6.45) is 3.32.